The van der Waals surface area contributed by atoms with E-state index in [0.29, 0.717) is 16.5 Å². The molecule has 0 radical (unpaired) electrons. The number of nitrogens with zero attached hydrogens (tertiary/aromatic N) is 2. The molecular formula is C22H21N3O4S2. The van der Waals surface area contributed by atoms with Crippen molar-refractivity contribution in [2.24, 2.45) is 0 Å². The number of rotatable bonds is 6. The van der Waals surface area contributed by atoms with Gasteiger partial charge < -0.3 is 4.42 Å². The van der Waals surface area contributed by atoms with Crippen molar-refractivity contribution in [1.82, 2.24) is 9.29 Å². The predicted molar refractivity (Wildman–Crippen MR) is 121 cm³/mol. The van der Waals surface area contributed by atoms with Gasteiger partial charge >= 0.3 is 0 Å². The molecule has 0 saturated carbocycles. The van der Waals surface area contributed by atoms with Crippen LogP contribution in [0.15, 0.2) is 64.1 Å². The fourth-order valence-electron chi connectivity index (χ4n) is 3.15. The molecule has 0 aliphatic rings. The normalized spacial score (nSPS) is 11.9. The first-order chi connectivity index (χ1) is 14.8. The van der Waals surface area contributed by atoms with Gasteiger partial charge in [0.1, 0.15) is 5.76 Å². The van der Waals surface area contributed by atoms with Gasteiger partial charge in [-0.15, -0.1) is 0 Å². The molecule has 31 heavy (non-hydrogen) atoms. The van der Waals surface area contributed by atoms with Crippen LogP contribution in [-0.2, 0) is 16.6 Å². The van der Waals surface area contributed by atoms with Crippen molar-refractivity contribution < 1.29 is 17.6 Å². The van der Waals surface area contributed by atoms with Gasteiger partial charge in [-0.1, -0.05) is 23.5 Å². The average Bonchev–Trinajstić information content (AvgIpc) is 3.41. The molecule has 2 heterocycles. The zero-order valence-corrected chi connectivity index (χ0v) is 18.9. The van der Waals surface area contributed by atoms with Crippen LogP contribution in [0.25, 0.3) is 10.2 Å². The minimum absolute atomic E-state index is 0.101. The summed E-state index contributed by atoms with van der Waals surface area (Å²) in [4.78, 5) is 17.3. The molecule has 1 N–H and O–H groups in total. The lowest BCUT2D eigenvalue weighted by atomic mass is 10.1. The molecule has 0 spiro atoms. The highest BCUT2D eigenvalue weighted by Crippen LogP contribution is 2.31. The molecule has 0 saturated heterocycles. The minimum Gasteiger partial charge on any atom is -0.468 e. The van der Waals surface area contributed by atoms with Crippen LogP contribution in [0.1, 0.15) is 27.2 Å². The first-order valence-corrected chi connectivity index (χ1v) is 11.8. The summed E-state index contributed by atoms with van der Waals surface area (Å²) in [5.41, 5.74) is 3.37. The number of thiazole rings is 1. The van der Waals surface area contributed by atoms with Gasteiger partial charge in [0.2, 0.25) is 10.0 Å². The van der Waals surface area contributed by atoms with Gasteiger partial charge in [0.25, 0.3) is 5.91 Å². The van der Waals surface area contributed by atoms with E-state index in [9.17, 15) is 13.2 Å². The molecule has 2 aromatic heterocycles. The Morgan fingerprint density at radius 3 is 2.45 bits per heavy atom. The van der Waals surface area contributed by atoms with Crippen LogP contribution < -0.4 is 5.32 Å². The number of furan rings is 1. The quantitative estimate of drug-likeness (QED) is 0.459. The topological polar surface area (TPSA) is 92.5 Å². The molecule has 1 amide bonds. The zero-order chi connectivity index (χ0) is 22.2. The van der Waals surface area contributed by atoms with E-state index in [2.05, 4.69) is 10.3 Å². The number of aryl methyl sites for hydroxylation is 2. The van der Waals surface area contributed by atoms with Crippen LogP contribution in [0.4, 0.5) is 5.13 Å². The maximum absolute atomic E-state index is 12.8. The van der Waals surface area contributed by atoms with Gasteiger partial charge in [-0.3, -0.25) is 10.1 Å². The third kappa shape index (κ3) is 4.25. The number of sulfonamides is 1. The van der Waals surface area contributed by atoms with Crippen LogP contribution in [-0.4, -0.2) is 30.7 Å². The molecule has 0 aliphatic carbocycles. The van der Waals surface area contributed by atoms with Gasteiger partial charge in [0.15, 0.2) is 5.13 Å². The minimum atomic E-state index is -3.71. The molecule has 2 aromatic carbocycles. The molecule has 9 heteroatoms. The number of aromatic nitrogens is 1. The number of hydrogen-bond acceptors (Lipinski definition) is 6. The fourth-order valence-corrected chi connectivity index (χ4v) is 5.29. The zero-order valence-electron chi connectivity index (χ0n) is 17.2. The predicted octanol–water partition coefficient (Wildman–Crippen LogP) is 4.58. The maximum atomic E-state index is 12.8. The summed E-state index contributed by atoms with van der Waals surface area (Å²) >= 11 is 1.42. The molecule has 0 aliphatic heterocycles. The number of benzene rings is 2. The lowest BCUT2D eigenvalue weighted by Crippen LogP contribution is -2.26. The highest BCUT2D eigenvalue weighted by atomic mass is 32.2. The van der Waals surface area contributed by atoms with Crippen LogP contribution >= 0.6 is 11.3 Å². The Balaban J connectivity index is 1.50. The summed E-state index contributed by atoms with van der Waals surface area (Å²) < 4.78 is 33.0. The fraction of sp³-hybridized carbons (Fsp3) is 0.182. The number of amides is 1. The largest absolute Gasteiger partial charge is 0.468 e. The third-order valence-electron chi connectivity index (χ3n) is 4.95. The summed E-state index contributed by atoms with van der Waals surface area (Å²) in [6.45, 7) is 4.11. The van der Waals surface area contributed by atoms with Gasteiger partial charge in [0, 0.05) is 12.6 Å². The van der Waals surface area contributed by atoms with E-state index in [1.807, 2.05) is 26.0 Å². The van der Waals surface area contributed by atoms with Gasteiger partial charge in [-0.2, -0.15) is 4.31 Å². The number of anilines is 1. The van der Waals surface area contributed by atoms with Crippen molar-refractivity contribution in [3.05, 3.63) is 77.2 Å². The van der Waals surface area contributed by atoms with E-state index in [4.69, 9.17) is 4.42 Å². The summed E-state index contributed by atoms with van der Waals surface area (Å²) in [7, 11) is -2.23. The smallest absolute Gasteiger partial charge is 0.257 e. The number of hydrogen-bond donors (Lipinski definition) is 1. The monoisotopic (exact) mass is 455 g/mol. The van der Waals surface area contributed by atoms with Crippen molar-refractivity contribution in [3.63, 3.8) is 0 Å². The van der Waals surface area contributed by atoms with Crippen molar-refractivity contribution >= 4 is 42.6 Å². The van der Waals surface area contributed by atoms with E-state index < -0.39 is 10.0 Å². The van der Waals surface area contributed by atoms with E-state index in [1.165, 1.54) is 53.2 Å². The van der Waals surface area contributed by atoms with Crippen molar-refractivity contribution in [2.45, 2.75) is 25.3 Å². The Morgan fingerprint density at radius 1 is 1.10 bits per heavy atom. The van der Waals surface area contributed by atoms with Crippen LogP contribution in [0.5, 0.6) is 0 Å². The second kappa shape index (κ2) is 8.26. The summed E-state index contributed by atoms with van der Waals surface area (Å²) in [6.07, 6.45) is 1.50. The molecule has 7 nitrogen and oxygen atoms in total. The van der Waals surface area contributed by atoms with Crippen LogP contribution in [0.3, 0.4) is 0 Å². The van der Waals surface area contributed by atoms with Crippen molar-refractivity contribution in [2.75, 3.05) is 12.4 Å². The maximum Gasteiger partial charge on any atom is 0.257 e. The second-order valence-corrected chi connectivity index (χ2v) is 10.3. The van der Waals surface area contributed by atoms with Gasteiger partial charge in [-0.05, 0) is 61.4 Å². The van der Waals surface area contributed by atoms with E-state index >= 15 is 0 Å². The first kappa shape index (κ1) is 21.2. The molecule has 4 aromatic rings. The summed E-state index contributed by atoms with van der Waals surface area (Å²) in [6, 6.07) is 13.3. The van der Waals surface area contributed by atoms with Crippen LogP contribution in [0.2, 0.25) is 0 Å². The summed E-state index contributed by atoms with van der Waals surface area (Å²) in [5.74, 6) is 0.200. The first-order valence-electron chi connectivity index (χ1n) is 9.52. The van der Waals surface area contributed by atoms with Crippen LogP contribution in [0, 0.1) is 13.8 Å². The highest BCUT2D eigenvalue weighted by molar-refractivity contribution is 7.89. The average molecular weight is 456 g/mol. The van der Waals surface area contributed by atoms with Crippen molar-refractivity contribution in [1.29, 1.82) is 0 Å². The molecule has 0 atom stereocenters. The van der Waals surface area contributed by atoms with E-state index in [1.54, 1.807) is 12.1 Å². The lowest BCUT2D eigenvalue weighted by Gasteiger charge is -2.16. The molecule has 0 unspecified atom stereocenters. The number of fused-ring (bicyclic) bond motifs is 1. The van der Waals surface area contributed by atoms with Gasteiger partial charge in [-0.25, -0.2) is 13.4 Å². The Labute approximate surface area is 184 Å². The molecule has 0 fully saturated rings. The van der Waals surface area contributed by atoms with Gasteiger partial charge in [0.05, 0.1) is 27.9 Å². The lowest BCUT2D eigenvalue weighted by molar-refractivity contribution is 0.102. The third-order valence-corrected chi connectivity index (χ3v) is 7.87. The van der Waals surface area contributed by atoms with E-state index in [0.717, 1.165) is 21.3 Å². The molecular weight excluding hydrogens is 434 g/mol. The van der Waals surface area contributed by atoms with E-state index in [-0.39, 0.29) is 17.3 Å². The Morgan fingerprint density at radius 2 is 1.81 bits per heavy atom. The highest BCUT2D eigenvalue weighted by Gasteiger charge is 2.22. The van der Waals surface area contributed by atoms with Crippen molar-refractivity contribution in [3.8, 4) is 0 Å². The number of carbonyl (C=O) groups excluding carboxylic acids is 1. The molecule has 4 rings (SSSR count). The Hall–Kier alpha value is -3.01. The Bertz CT molecular complexity index is 1300. The second-order valence-electron chi connectivity index (χ2n) is 7.22. The Kier molecular flexibility index (Phi) is 5.65. The molecule has 160 valence electrons. The number of nitrogens with one attached hydrogen (secondary N) is 1. The number of carbonyl (C=O) groups is 1. The SMILES string of the molecule is Cc1ccc(C)c2sc(NC(=O)c3ccc(S(=O)(=O)N(C)Cc4ccco4)cc3)nc12. The standard InChI is InChI=1S/C22H21N3O4S2/c1-14-6-7-15(2)20-19(14)23-22(30-20)24-21(26)16-8-10-18(11-9-16)31(27,28)25(3)13-17-5-4-12-29-17/h4-12H,13H2,1-3H3,(H,23,24,26). The summed E-state index contributed by atoms with van der Waals surface area (Å²) in [5, 5.41) is 3.32. The molecule has 0 bridgehead atoms.